The number of para-hydroxylation sites is 1. The zero-order valence-corrected chi connectivity index (χ0v) is 24.3. The number of amides is 3. The van der Waals surface area contributed by atoms with Crippen LogP contribution >= 0.6 is 23.2 Å². The molecule has 0 radical (unpaired) electrons. The molecule has 216 valence electrons. The maximum Gasteiger partial charge on any atom is 0.328 e. The highest BCUT2D eigenvalue weighted by atomic mass is 35.5. The number of carbonyl (C=O) groups excluding carboxylic acids is 3. The van der Waals surface area contributed by atoms with E-state index in [0.717, 1.165) is 0 Å². The molecule has 0 spiro atoms. The molecule has 4 rings (SSSR count). The quantitative estimate of drug-likeness (QED) is 0.212. The highest BCUT2D eigenvalue weighted by Crippen LogP contribution is 2.28. The minimum atomic E-state index is -3.93. The lowest BCUT2D eigenvalue weighted by atomic mass is 10.1. The van der Waals surface area contributed by atoms with E-state index in [2.05, 4.69) is 20.9 Å². The highest BCUT2D eigenvalue weighted by molar-refractivity contribution is 7.91. The van der Waals surface area contributed by atoms with Gasteiger partial charge in [-0.3, -0.25) is 9.78 Å². The number of sulfone groups is 1. The number of nitrogens with one attached hydrogen (secondary N) is 3. The predicted molar refractivity (Wildman–Crippen MR) is 159 cm³/mol. The van der Waals surface area contributed by atoms with Gasteiger partial charge in [-0.05, 0) is 42.0 Å². The fraction of sp³-hybridized carbons (Fsp3) is 0.103. The zero-order valence-electron chi connectivity index (χ0n) is 22.0. The normalized spacial score (nSPS) is 11.7. The van der Waals surface area contributed by atoms with Crippen LogP contribution in [0.15, 0.2) is 101 Å². The summed E-state index contributed by atoms with van der Waals surface area (Å²) >= 11 is 12.1. The maximum atomic E-state index is 13.2. The fourth-order valence-electron chi connectivity index (χ4n) is 3.96. The van der Waals surface area contributed by atoms with Crippen LogP contribution in [-0.4, -0.2) is 44.5 Å². The average molecular weight is 628 g/mol. The van der Waals surface area contributed by atoms with Crippen molar-refractivity contribution in [2.24, 2.45) is 0 Å². The van der Waals surface area contributed by atoms with Gasteiger partial charge < -0.3 is 20.7 Å². The van der Waals surface area contributed by atoms with Crippen LogP contribution < -0.4 is 16.0 Å². The van der Waals surface area contributed by atoms with Crippen molar-refractivity contribution in [1.82, 2.24) is 10.3 Å². The van der Waals surface area contributed by atoms with Crippen molar-refractivity contribution in [3.8, 4) is 0 Å². The summed E-state index contributed by atoms with van der Waals surface area (Å²) in [5.74, 6) is -1.24. The summed E-state index contributed by atoms with van der Waals surface area (Å²) in [6.45, 7) is 0. The molecule has 3 amide bonds. The molecule has 1 atom stereocenters. The van der Waals surface area contributed by atoms with Crippen molar-refractivity contribution in [3.63, 3.8) is 0 Å². The standard InChI is InChI=1S/C29H24Cl2N4O6S/c1-41-28(37)24(15-18-11-13-19(14-12-18)33-27(36)26-21(30)16-32-17-22(26)31)35-29(38)34-23-9-5-6-10-25(23)42(39,40)20-7-3-2-4-8-20/h2-14,16-17,24H,15H2,1H3,(H,33,36)(H2,34,35,38)/t24-/m0/s1. The molecule has 42 heavy (non-hydrogen) atoms. The lowest BCUT2D eigenvalue weighted by Crippen LogP contribution is -2.45. The van der Waals surface area contributed by atoms with Crippen LogP contribution in [0, 0.1) is 0 Å². The topological polar surface area (TPSA) is 144 Å². The first-order chi connectivity index (χ1) is 20.1. The van der Waals surface area contributed by atoms with Crippen LogP contribution in [0.4, 0.5) is 16.2 Å². The van der Waals surface area contributed by atoms with Gasteiger partial charge in [-0.2, -0.15) is 0 Å². The van der Waals surface area contributed by atoms with Crippen LogP contribution in [0.3, 0.4) is 0 Å². The van der Waals surface area contributed by atoms with E-state index in [4.69, 9.17) is 27.9 Å². The number of nitrogens with zero attached hydrogens (tertiary/aromatic N) is 1. The SMILES string of the molecule is COC(=O)[C@H](Cc1ccc(NC(=O)c2c(Cl)cncc2Cl)cc1)NC(=O)Nc1ccccc1S(=O)(=O)c1ccccc1. The number of esters is 1. The van der Waals surface area contributed by atoms with E-state index in [1.807, 2.05) is 0 Å². The number of carbonyl (C=O) groups is 3. The van der Waals surface area contributed by atoms with Crippen molar-refractivity contribution in [2.75, 3.05) is 17.7 Å². The first-order valence-corrected chi connectivity index (χ1v) is 14.6. The number of methoxy groups -OCH3 is 1. The molecule has 4 aromatic rings. The Morgan fingerprint density at radius 3 is 2.12 bits per heavy atom. The van der Waals surface area contributed by atoms with Crippen molar-refractivity contribution < 1.29 is 27.5 Å². The van der Waals surface area contributed by atoms with Gasteiger partial charge in [-0.25, -0.2) is 18.0 Å². The Balaban J connectivity index is 1.45. The third-order valence-electron chi connectivity index (χ3n) is 6.00. The molecule has 0 aliphatic carbocycles. The largest absolute Gasteiger partial charge is 0.467 e. The minimum absolute atomic E-state index is 0.0389. The maximum absolute atomic E-state index is 13.2. The molecule has 13 heteroatoms. The van der Waals surface area contributed by atoms with E-state index in [1.165, 1.54) is 43.8 Å². The second-order valence-electron chi connectivity index (χ2n) is 8.82. The van der Waals surface area contributed by atoms with Gasteiger partial charge in [-0.15, -0.1) is 0 Å². The molecule has 0 bridgehead atoms. The molecule has 0 aliphatic heterocycles. The summed E-state index contributed by atoms with van der Waals surface area (Å²) in [6, 6.07) is 18.4. The summed E-state index contributed by atoms with van der Waals surface area (Å²) in [4.78, 5) is 41.8. The zero-order chi connectivity index (χ0) is 30.3. The Kier molecular flexibility index (Phi) is 9.79. The molecule has 10 nitrogen and oxygen atoms in total. The van der Waals surface area contributed by atoms with Crippen molar-refractivity contribution in [1.29, 1.82) is 0 Å². The molecule has 0 saturated heterocycles. The van der Waals surface area contributed by atoms with E-state index >= 15 is 0 Å². The Hall–Kier alpha value is -4.45. The van der Waals surface area contributed by atoms with Gasteiger partial charge in [0.05, 0.1) is 38.2 Å². The van der Waals surface area contributed by atoms with E-state index < -0.39 is 33.8 Å². The summed E-state index contributed by atoms with van der Waals surface area (Å²) in [5.41, 5.74) is 1.19. The second kappa shape index (κ2) is 13.5. The van der Waals surface area contributed by atoms with Crippen LogP contribution in [0.25, 0.3) is 0 Å². The van der Waals surface area contributed by atoms with Gasteiger partial charge in [0.2, 0.25) is 9.84 Å². The van der Waals surface area contributed by atoms with Gasteiger partial charge in [0.1, 0.15) is 6.04 Å². The number of ether oxygens (including phenoxy) is 1. The van der Waals surface area contributed by atoms with Crippen LogP contribution in [0.1, 0.15) is 15.9 Å². The highest BCUT2D eigenvalue weighted by Gasteiger charge is 2.25. The Morgan fingerprint density at radius 2 is 1.48 bits per heavy atom. The summed E-state index contributed by atoms with van der Waals surface area (Å²) in [5, 5.41) is 7.95. The monoisotopic (exact) mass is 626 g/mol. The number of pyridine rings is 1. The van der Waals surface area contributed by atoms with Gasteiger partial charge >= 0.3 is 12.0 Å². The predicted octanol–water partition coefficient (Wildman–Crippen LogP) is 5.38. The molecule has 3 aromatic carbocycles. The number of aromatic nitrogens is 1. The van der Waals surface area contributed by atoms with Gasteiger partial charge in [-0.1, -0.05) is 65.7 Å². The van der Waals surface area contributed by atoms with E-state index in [-0.39, 0.29) is 37.5 Å². The number of anilines is 2. The van der Waals surface area contributed by atoms with Crippen LogP contribution in [0.5, 0.6) is 0 Å². The second-order valence-corrected chi connectivity index (χ2v) is 11.6. The third kappa shape index (κ3) is 7.24. The number of urea groups is 1. The smallest absolute Gasteiger partial charge is 0.328 e. The molecule has 3 N–H and O–H groups in total. The Bertz CT molecular complexity index is 1700. The first kappa shape index (κ1) is 30.5. The lowest BCUT2D eigenvalue weighted by Gasteiger charge is -2.18. The van der Waals surface area contributed by atoms with E-state index in [9.17, 15) is 22.8 Å². The first-order valence-electron chi connectivity index (χ1n) is 12.3. The van der Waals surface area contributed by atoms with Gasteiger partial charge in [0.15, 0.2) is 0 Å². The Morgan fingerprint density at radius 1 is 0.857 bits per heavy atom. The third-order valence-corrected chi connectivity index (χ3v) is 8.40. The molecule has 1 heterocycles. The van der Waals surface area contributed by atoms with Crippen molar-refractivity contribution in [3.05, 3.63) is 112 Å². The molecule has 0 saturated carbocycles. The number of rotatable bonds is 9. The lowest BCUT2D eigenvalue weighted by molar-refractivity contribution is -0.142. The summed E-state index contributed by atoms with van der Waals surface area (Å²) in [6.07, 6.45) is 2.66. The van der Waals surface area contributed by atoms with Gasteiger partial charge in [0, 0.05) is 24.5 Å². The van der Waals surface area contributed by atoms with E-state index in [1.54, 1.807) is 54.6 Å². The number of benzene rings is 3. The molecule has 0 unspecified atom stereocenters. The van der Waals surface area contributed by atoms with Gasteiger partial charge in [0.25, 0.3) is 5.91 Å². The molecule has 0 fully saturated rings. The van der Waals surface area contributed by atoms with E-state index in [0.29, 0.717) is 11.3 Å². The molecule has 0 aliphatic rings. The number of halogens is 2. The van der Waals surface area contributed by atoms with Crippen molar-refractivity contribution in [2.45, 2.75) is 22.3 Å². The van der Waals surface area contributed by atoms with Crippen molar-refractivity contribution >= 4 is 62.3 Å². The van der Waals surface area contributed by atoms with Crippen LogP contribution in [0.2, 0.25) is 10.0 Å². The Labute approximate surface area is 251 Å². The number of hydrogen-bond acceptors (Lipinski definition) is 7. The van der Waals surface area contributed by atoms with Crippen LogP contribution in [-0.2, 0) is 25.8 Å². The summed E-state index contributed by atoms with van der Waals surface area (Å²) < 4.78 is 31.2. The molecular weight excluding hydrogens is 603 g/mol. The molecule has 1 aromatic heterocycles. The fourth-order valence-corrected chi connectivity index (χ4v) is 5.94. The molecular formula is C29H24Cl2N4O6S. The number of hydrogen-bond donors (Lipinski definition) is 3. The minimum Gasteiger partial charge on any atom is -0.467 e. The average Bonchev–Trinajstić information content (AvgIpc) is 2.98. The summed E-state index contributed by atoms with van der Waals surface area (Å²) in [7, 11) is -2.75.